The van der Waals surface area contributed by atoms with Crippen LogP contribution in [0.3, 0.4) is 0 Å². The Morgan fingerprint density at radius 1 is 0.900 bits per heavy atom. The maximum atomic E-state index is 12.9. The summed E-state index contributed by atoms with van der Waals surface area (Å²) in [6.45, 7) is 0.663. The molecule has 2 heterocycles. The molecule has 0 aliphatic rings. The van der Waals surface area contributed by atoms with E-state index < -0.39 is 0 Å². The molecule has 0 N–H and O–H groups in total. The molecule has 0 radical (unpaired) electrons. The molecule has 0 saturated carbocycles. The Balaban J connectivity index is 1.59. The topological polar surface area (TPSA) is 47.2 Å². The summed E-state index contributed by atoms with van der Waals surface area (Å²) in [7, 11) is 0. The number of benzene rings is 3. The molecule has 5 heteroatoms. The first-order chi connectivity index (χ1) is 14.7. The highest BCUT2D eigenvalue weighted by atomic mass is 79.9. The van der Waals surface area contributed by atoms with Crippen LogP contribution in [0, 0.1) is 0 Å². The molecular formula is C25H17BrNO3+. The molecule has 2 aromatic heterocycles. The van der Waals surface area contributed by atoms with Gasteiger partial charge in [-0.15, -0.1) is 0 Å². The van der Waals surface area contributed by atoms with Gasteiger partial charge in [-0.05, 0) is 40.2 Å². The summed E-state index contributed by atoms with van der Waals surface area (Å²) in [5, 5.41) is 0.535. The number of para-hydroxylation sites is 3. The first-order valence-corrected chi connectivity index (χ1v) is 10.3. The number of aromatic nitrogens is 1. The van der Waals surface area contributed by atoms with Crippen LogP contribution < -0.4 is 10.00 Å². The van der Waals surface area contributed by atoms with Gasteiger partial charge in [0.05, 0.1) is 21.5 Å². The minimum atomic E-state index is -0.0838. The normalized spacial score (nSPS) is 11.6. The molecule has 5 rings (SSSR count). The minimum Gasteiger partial charge on any atom is -0.462 e. The highest BCUT2D eigenvalue weighted by Crippen LogP contribution is 2.22. The Kier molecular flexibility index (Phi) is 4.81. The van der Waals surface area contributed by atoms with Crippen molar-refractivity contribution in [1.29, 1.82) is 0 Å². The molecule has 0 atom stereocenters. The molecule has 0 fully saturated rings. The average Bonchev–Trinajstić information content (AvgIpc) is 3.12. The van der Waals surface area contributed by atoms with Crippen LogP contribution in [0.1, 0.15) is 17.0 Å². The largest absolute Gasteiger partial charge is 0.462 e. The van der Waals surface area contributed by atoms with Crippen LogP contribution >= 0.6 is 15.9 Å². The fourth-order valence-electron chi connectivity index (χ4n) is 3.52. The van der Waals surface area contributed by atoms with Crippen LogP contribution in [0.25, 0.3) is 34.2 Å². The predicted octanol–water partition coefficient (Wildman–Crippen LogP) is 5.81. The first-order valence-electron chi connectivity index (χ1n) is 9.54. The molecule has 0 bridgehead atoms. The van der Waals surface area contributed by atoms with Gasteiger partial charge in [-0.25, -0.2) is 0 Å². The summed E-state index contributed by atoms with van der Waals surface area (Å²) in [4.78, 5) is 12.9. The van der Waals surface area contributed by atoms with E-state index >= 15 is 0 Å². The zero-order chi connectivity index (χ0) is 20.5. The third-order valence-corrected chi connectivity index (χ3v) is 5.63. The molecule has 4 nitrogen and oxygen atoms in total. The van der Waals surface area contributed by atoms with Crippen molar-refractivity contribution >= 4 is 50.2 Å². The smallest absolute Gasteiger partial charge is 0.374 e. The highest BCUT2D eigenvalue weighted by Gasteiger charge is 2.20. The van der Waals surface area contributed by atoms with Crippen molar-refractivity contribution < 1.29 is 13.4 Å². The highest BCUT2D eigenvalue weighted by molar-refractivity contribution is 9.10. The van der Waals surface area contributed by atoms with Gasteiger partial charge in [0.1, 0.15) is 6.26 Å². The zero-order valence-corrected chi connectivity index (χ0v) is 17.5. The van der Waals surface area contributed by atoms with Crippen LogP contribution in [0.15, 0.2) is 97.2 Å². The SMILES string of the molecule is O=c1c(/C=C/c2oc3ccccc3[n+]2Cc2ccccc2)coc2c(Br)cccc12. The van der Waals surface area contributed by atoms with Crippen molar-refractivity contribution in [2.75, 3.05) is 0 Å². The molecule has 3 aromatic carbocycles. The quantitative estimate of drug-likeness (QED) is 0.319. The van der Waals surface area contributed by atoms with Crippen molar-refractivity contribution in [3.8, 4) is 0 Å². The van der Waals surface area contributed by atoms with Gasteiger partial charge in [0, 0.05) is 11.6 Å². The molecular weight excluding hydrogens is 442 g/mol. The van der Waals surface area contributed by atoms with Crippen LogP contribution in [0.2, 0.25) is 0 Å². The molecule has 0 spiro atoms. The third-order valence-electron chi connectivity index (χ3n) is 5.00. The molecule has 0 unspecified atom stereocenters. The van der Waals surface area contributed by atoms with Crippen LogP contribution in [0.4, 0.5) is 0 Å². The maximum absolute atomic E-state index is 12.9. The molecule has 5 aromatic rings. The molecule has 146 valence electrons. The monoisotopic (exact) mass is 458 g/mol. The first kappa shape index (κ1) is 18.6. The van der Waals surface area contributed by atoms with E-state index in [2.05, 4.69) is 32.6 Å². The summed E-state index contributed by atoms with van der Waals surface area (Å²) in [6, 6.07) is 23.5. The second kappa shape index (κ2) is 7.76. The number of fused-ring (bicyclic) bond motifs is 2. The van der Waals surface area contributed by atoms with Gasteiger partial charge in [-0.2, -0.15) is 4.57 Å². The standard InChI is InChI=1S/C25H17BrNO3/c26-20-10-6-9-19-24(28)18(16-29-25(19)20)13-14-23-27(15-17-7-2-1-3-8-17)21-11-4-5-12-22(21)30-23/h1-14,16H,15H2/q+1/b14-13+. The average molecular weight is 459 g/mol. The zero-order valence-electron chi connectivity index (χ0n) is 15.9. The number of hydrogen-bond donors (Lipinski definition) is 0. The van der Waals surface area contributed by atoms with Gasteiger partial charge in [0.25, 0.3) is 5.52 Å². The van der Waals surface area contributed by atoms with Crippen molar-refractivity contribution in [3.63, 3.8) is 0 Å². The lowest BCUT2D eigenvalue weighted by atomic mass is 10.1. The fourth-order valence-corrected chi connectivity index (χ4v) is 3.98. The van der Waals surface area contributed by atoms with E-state index in [0.29, 0.717) is 29.0 Å². The van der Waals surface area contributed by atoms with Gasteiger partial charge < -0.3 is 8.83 Å². The molecule has 30 heavy (non-hydrogen) atoms. The van der Waals surface area contributed by atoms with E-state index in [1.807, 2.05) is 60.7 Å². The molecule has 0 saturated heterocycles. The summed E-state index contributed by atoms with van der Waals surface area (Å²) in [5.74, 6) is 0.661. The fraction of sp³-hybridized carbons (Fsp3) is 0.0400. The van der Waals surface area contributed by atoms with Gasteiger partial charge in [-0.1, -0.05) is 48.5 Å². The number of hydrogen-bond acceptors (Lipinski definition) is 3. The van der Waals surface area contributed by atoms with Crippen molar-refractivity contribution in [2.24, 2.45) is 0 Å². The summed E-state index contributed by atoms with van der Waals surface area (Å²) in [6.07, 6.45) is 5.04. The Hall–Kier alpha value is -3.44. The van der Waals surface area contributed by atoms with Gasteiger partial charge >= 0.3 is 5.89 Å². The second-order valence-electron chi connectivity index (χ2n) is 6.95. The lowest BCUT2D eigenvalue weighted by Crippen LogP contribution is -2.35. The van der Waals surface area contributed by atoms with Crippen molar-refractivity contribution in [2.45, 2.75) is 6.54 Å². The Bertz CT molecular complexity index is 1450. The summed E-state index contributed by atoms with van der Waals surface area (Å²) < 4.78 is 14.6. The summed E-state index contributed by atoms with van der Waals surface area (Å²) in [5.41, 5.74) is 3.88. The minimum absolute atomic E-state index is 0.0838. The van der Waals surface area contributed by atoms with E-state index in [9.17, 15) is 4.79 Å². The van der Waals surface area contributed by atoms with E-state index in [1.54, 1.807) is 12.1 Å². The Morgan fingerprint density at radius 2 is 1.70 bits per heavy atom. The van der Waals surface area contributed by atoms with Gasteiger partial charge in [0.2, 0.25) is 5.58 Å². The van der Waals surface area contributed by atoms with E-state index in [0.717, 1.165) is 15.6 Å². The molecule has 0 aliphatic carbocycles. The lowest BCUT2D eigenvalue weighted by Gasteiger charge is -2.00. The number of halogens is 1. The molecule has 0 amide bonds. The molecule has 0 aliphatic heterocycles. The van der Waals surface area contributed by atoms with E-state index in [-0.39, 0.29) is 5.43 Å². The predicted molar refractivity (Wildman–Crippen MR) is 121 cm³/mol. The van der Waals surface area contributed by atoms with E-state index in [1.165, 1.54) is 11.8 Å². The second-order valence-corrected chi connectivity index (χ2v) is 7.80. The van der Waals surface area contributed by atoms with Gasteiger partial charge in [-0.3, -0.25) is 4.79 Å². The summed E-state index contributed by atoms with van der Waals surface area (Å²) >= 11 is 3.42. The Morgan fingerprint density at radius 3 is 2.57 bits per heavy atom. The number of nitrogens with zero attached hydrogens (tertiary/aromatic N) is 1. The number of rotatable bonds is 4. The van der Waals surface area contributed by atoms with E-state index in [4.69, 9.17) is 8.83 Å². The van der Waals surface area contributed by atoms with Crippen molar-refractivity contribution in [3.05, 3.63) is 111 Å². The Labute approximate surface area is 180 Å². The van der Waals surface area contributed by atoms with Crippen LogP contribution in [0.5, 0.6) is 0 Å². The lowest BCUT2D eigenvalue weighted by molar-refractivity contribution is -0.669. The van der Waals surface area contributed by atoms with Crippen LogP contribution in [-0.2, 0) is 6.54 Å². The van der Waals surface area contributed by atoms with Crippen molar-refractivity contribution in [1.82, 2.24) is 0 Å². The maximum Gasteiger partial charge on any atom is 0.374 e. The van der Waals surface area contributed by atoms with Gasteiger partial charge in [0.15, 0.2) is 17.6 Å². The van der Waals surface area contributed by atoms with Crippen LogP contribution in [-0.4, -0.2) is 0 Å². The number of oxazole rings is 1. The third kappa shape index (κ3) is 3.37.